The fourth-order valence-electron chi connectivity index (χ4n) is 2.63. The number of carbonyl (C=O) groups is 2. The van der Waals surface area contributed by atoms with Crippen molar-refractivity contribution in [3.8, 4) is 10.8 Å². The van der Waals surface area contributed by atoms with Gasteiger partial charge in [0.15, 0.2) is 5.69 Å². The lowest BCUT2D eigenvalue weighted by atomic mass is 10.2. The molecule has 0 aliphatic rings. The number of hydrogen-bond donors (Lipinski definition) is 0. The van der Waals surface area contributed by atoms with Crippen LogP contribution in [0.3, 0.4) is 0 Å². The average Bonchev–Trinajstić information content (AvgIpc) is 3.34. The third-order valence-corrected chi connectivity index (χ3v) is 4.91. The number of thiophene rings is 1. The second kappa shape index (κ2) is 8.64. The summed E-state index contributed by atoms with van der Waals surface area (Å²) in [7, 11) is 1.33. The lowest BCUT2D eigenvalue weighted by molar-refractivity contribution is -0.140. The summed E-state index contributed by atoms with van der Waals surface area (Å²) in [6.45, 7) is 2.33. The molecule has 0 unspecified atom stereocenters. The maximum absolute atomic E-state index is 13.1. The molecule has 0 saturated carbocycles. The van der Waals surface area contributed by atoms with Crippen molar-refractivity contribution in [3.63, 3.8) is 0 Å². The fourth-order valence-corrected chi connectivity index (χ4v) is 3.28. The van der Waals surface area contributed by atoms with E-state index in [0.717, 1.165) is 10.4 Å². The molecule has 3 rings (SSSR count). The number of esters is 1. The highest BCUT2D eigenvalue weighted by atomic mass is 32.1. The van der Waals surface area contributed by atoms with Crippen LogP contribution in [0.5, 0.6) is 0 Å². The molecule has 0 fully saturated rings. The number of benzene rings is 1. The minimum atomic E-state index is -0.364. The Bertz CT molecular complexity index is 903. The van der Waals surface area contributed by atoms with Gasteiger partial charge in [0, 0.05) is 13.1 Å². The topological polar surface area (TPSA) is 72.6 Å². The summed E-state index contributed by atoms with van der Waals surface area (Å²) in [5.74, 6) is 0.252. The summed E-state index contributed by atoms with van der Waals surface area (Å²) in [5.41, 5.74) is 1.23. The Morgan fingerprint density at radius 2 is 1.96 bits per heavy atom. The zero-order valence-corrected chi connectivity index (χ0v) is 16.0. The summed E-state index contributed by atoms with van der Waals surface area (Å²) >= 11 is 1.50. The summed E-state index contributed by atoms with van der Waals surface area (Å²) in [6.07, 6.45) is 0.115. The van der Waals surface area contributed by atoms with Crippen LogP contribution in [0.1, 0.15) is 28.2 Å². The molecule has 2 aromatic heterocycles. The highest BCUT2D eigenvalue weighted by molar-refractivity contribution is 7.13. The normalized spacial score (nSPS) is 10.6. The van der Waals surface area contributed by atoms with Crippen molar-refractivity contribution >= 4 is 23.2 Å². The third-order valence-electron chi connectivity index (χ3n) is 4.05. The molecule has 0 bridgehead atoms. The maximum Gasteiger partial charge on any atom is 0.307 e. The van der Waals surface area contributed by atoms with Gasteiger partial charge in [-0.1, -0.05) is 36.4 Å². The van der Waals surface area contributed by atoms with Crippen LogP contribution in [0.2, 0.25) is 0 Å². The zero-order valence-electron chi connectivity index (χ0n) is 15.2. The highest BCUT2D eigenvalue weighted by Crippen LogP contribution is 2.26. The Labute approximate surface area is 161 Å². The molecular formula is C20H20N2O4S. The number of aromatic nitrogens is 1. The number of rotatable bonds is 7. The molecule has 7 heteroatoms. The van der Waals surface area contributed by atoms with E-state index in [1.54, 1.807) is 11.8 Å². The SMILES string of the molecule is COC(=O)CCN(Cc1ccccc1)C(=O)c1nc(-c2cccs2)oc1C. The molecule has 2 heterocycles. The monoisotopic (exact) mass is 384 g/mol. The first-order valence-electron chi connectivity index (χ1n) is 8.50. The number of nitrogens with zero attached hydrogens (tertiary/aromatic N) is 2. The minimum absolute atomic E-state index is 0.115. The minimum Gasteiger partial charge on any atom is -0.469 e. The molecule has 1 aromatic carbocycles. The van der Waals surface area contributed by atoms with E-state index in [2.05, 4.69) is 4.98 Å². The van der Waals surface area contributed by atoms with Gasteiger partial charge < -0.3 is 14.1 Å². The molecule has 0 aliphatic carbocycles. The van der Waals surface area contributed by atoms with Crippen LogP contribution in [0.15, 0.2) is 52.3 Å². The predicted octanol–water partition coefficient (Wildman–Crippen LogP) is 3.92. The average molecular weight is 384 g/mol. The van der Waals surface area contributed by atoms with Crippen LogP contribution in [-0.4, -0.2) is 35.4 Å². The van der Waals surface area contributed by atoms with Crippen LogP contribution >= 0.6 is 11.3 Å². The van der Waals surface area contributed by atoms with Gasteiger partial charge in [-0.15, -0.1) is 11.3 Å². The molecule has 0 atom stereocenters. The number of oxazole rings is 1. The van der Waals surface area contributed by atoms with E-state index in [4.69, 9.17) is 9.15 Å². The van der Waals surface area contributed by atoms with Gasteiger partial charge in [0.05, 0.1) is 18.4 Å². The second-order valence-electron chi connectivity index (χ2n) is 5.94. The van der Waals surface area contributed by atoms with Crippen LogP contribution in [0.25, 0.3) is 10.8 Å². The van der Waals surface area contributed by atoms with Crippen LogP contribution in [0.4, 0.5) is 0 Å². The Morgan fingerprint density at radius 1 is 1.19 bits per heavy atom. The van der Waals surface area contributed by atoms with Gasteiger partial charge >= 0.3 is 5.97 Å². The van der Waals surface area contributed by atoms with Crippen molar-refractivity contribution in [1.29, 1.82) is 0 Å². The molecule has 1 amide bonds. The van der Waals surface area contributed by atoms with E-state index in [-0.39, 0.29) is 30.5 Å². The van der Waals surface area contributed by atoms with E-state index >= 15 is 0 Å². The molecule has 0 aliphatic heterocycles. The summed E-state index contributed by atoms with van der Waals surface area (Å²) in [5, 5.41) is 1.93. The van der Waals surface area contributed by atoms with Crippen molar-refractivity contribution in [1.82, 2.24) is 9.88 Å². The standard InChI is InChI=1S/C20H20N2O4S/c1-14-18(21-19(26-14)16-9-6-12-27-16)20(24)22(11-10-17(23)25-2)13-15-7-4-3-5-8-15/h3-9,12H,10-11,13H2,1-2H3. The molecule has 140 valence electrons. The molecule has 0 saturated heterocycles. The second-order valence-corrected chi connectivity index (χ2v) is 6.89. The Morgan fingerprint density at radius 3 is 2.63 bits per heavy atom. The van der Waals surface area contributed by atoms with Crippen LogP contribution in [0, 0.1) is 6.92 Å². The first-order chi connectivity index (χ1) is 13.1. The van der Waals surface area contributed by atoms with Crippen molar-refractivity contribution in [2.45, 2.75) is 19.9 Å². The van der Waals surface area contributed by atoms with E-state index in [0.29, 0.717) is 18.2 Å². The molecule has 0 radical (unpaired) electrons. The molecule has 6 nitrogen and oxygen atoms in total. The number of methoxy groups -OCH3 is 1. The van der Waals surface area contributed by atoms with Gasteiger partial charge in [0.1, 0.15) is 5.76 Å². The van der Waals surface area contributed by atoms with E-state index in [1.165, 1.54) is 18.4 Å². The lowest BCUT2D eigenvalue weighted by Crippen LogP contribution is -2.33. The van der Waals surface area contributed by atoms with Crippen molar-refractivity contribution in [3.05, 3.63) is 64.9 Å². The number of hydrogen-bond acceptors (Lipinski definition) is 6. The predicted molar refractivity (Wildman–Crippen MR) is 102 cm³/mol. The van der Waals surface area contributed by atoms with Crippen molar-refractivity contribution in [2.75, 3.05) is 13.7 Å². The Balaban J connectivity index is 1.84. The van der Waals surface area contributed by atoms with Crippen molar-refractivity contribution in [2.24, 2.45) is 0 Å². The van der Waals surface area contributed by atoms with Crippen molar-refractivity contribution < 1.29 is 18.7 Å². The quantitative estimate of drug-likeness (QED) is 0.577. The number of amides is 1. The van der Waals surface area contributed by atoms with Crippen LogP contribution < -0.4 is 0 Å². The first kappa shape index (κ1) is 18.8. The van der Waals surface area contributed by atoms with Gasteiger partial charge in [0.25, 0.3) is 5.91 Å². The number of carbonyl (C=O) groups excluding carboxylic acids is 2. The smallest absolute Gasteiger partial charge is 0.307 e. The van der Waals surface area contributed by atoms with E-state index in [1.807, 2.05) is 47.8 Å². The summed E-state index contributed by atoms with van der Waals surface area (Å²) in [6, 6.07) is 13.4. The number of aryl methyl sites for hydroxylation is 1. The molecular weight excluding hydrogens is 364 g/mol. The summed E-state index contributed by atoms with van der Waals surface area (Å²) < 4.78 is 10.4. The zero-order chi connectivity index (χ0) is 19.2. The van der Waals surface area contributed by atoms with E-state index < -0.39 is 0 Å². The maximum atomic E-state index is 13.1. The van der Waals surface area contributed by atoms with Gasteiger partial charge in [-0.05, 0) is 23.9 Å². The molecule has 3 aromatic rings. The highest BCUT2D eigenvalue weighted by Gasteiger charge is 2.24. The van der Waals surface area contributed by atoms with Gasteiger partial charge in [0.2, 0.25) is 5.89 Å². The Kier molecular flexibility index (Phi) is 6.03. The fraction of sp³-hybridized carbons (Fsp3) is 0.250. The van der Waals surface area contributed by atoms with Gasteiger partial charge in [-0.25, -0.2) is 4.98 Å². The van der Waals surface area contributed by atoms with Crippen LogP contribution in [-0.2, 0) is 16.1 Å². The number of ether oxygens (including phenoxy) is 1. The van der Waals surface area contributed by atoms with E-state index in [9.17, 15) is 9.59 Å². The molecule has 0 N–H and O–H groups in total. The summed E-state index contributed by atoms with van der Waals surface area (Å²) in [4.78, 5) is 31.5. The van der Waals surface area contributed by atoms with Gasteiger partial charge in [-0.3, -0.25) is 9.59 Å². The third kappa shape index (κ3) is 4.62. The Hall–Kier alpha value is -2.93. The largest absolute Gasteiger partial charge is 0.469 e. The molecule has 0 spiro atoms. The molecule has 27 heavy (non-hydrogen) atoms. The van der Waals surface area contributed by atoms with Gasteiger partial charge in [-0.2, -0.15) is 0 Å². The lowest BCUT2D eigenvalue weighted by Gasteiger charge is -2.21. The first-order valence-corrected chi connectivity index (χ1v) is 9.37.